The van der Waals surface area contributed by atoms with Crippen LogP contribution in [0.25, 0.3) is 22.6 Å². The molecule has 0 radical (unpaired) electrons. The third-order valence-electron chi connectivity index (χ3n) is 5.12. The van der Waals surface area contributed by atoms with E-state index in [-0.39, 0.29) is 17.8 Å². The van der Waals surface area contributed by atoms with Crippen LogP contribution in [0.2, 0.25) is 0 Å². The van der Waals surface area contributed by atoms with E-state index in [0.717, 1.165) is 28.0 Å². The minimum absolute atomic E-state index is 0.0150. The van der Waals surface area contributed by atoms with Crippen LogP contribution in [0.15, 0.2) is 47.3 Å². The summed E-state index contributed by atoms with van der Waals surface area (Å²) in [6.07, 6.45) is 0. The van der Waals surface area contributed by atoms with Crippen molar-refractivity contribution in [2.75, 3.05) is 7.11 Å². The molecule has 0 aliphatic rings. The third-order valence-corrected chi connectivity index (χ3v) is 5.12. The summed E-state index contributed by atoms with van der Waals surface area (Å²) >= 11 is 0. The zero-order valence-electron chi connectivity index (χ0n) is 16.9. The molecule has 8 heteroatoms. The molecule has 3 N–H and O–H groups in total. The molecule has 1 amide bonds. The first kappa shape index (κ1) is 19.4. The Balaban J connectivity index is 1.89. The highest BCUT2D eigenvalue weighted by atomic mass is 16.5. The predicted molar refractivity (Wildman–Crippen MR) is 114 cm³/mol. The number of nitrogens with one attached hydrogen (secondary N) is 1. The first-order chi connectivity index (χ1) is 14.4. The van der Waals surface area contributed by atoms with Crippen molar-refractivity contribution >= 4 is 17.1 Å². The van der Waals surface area contributed by atoms with Crippen molar-refractivity contribution < 1.29 is 9.53 Å². The summed E-state index contributed by atoms with van der Waals surface area (Å²) in [4.78, 5) is 36.3. The van der Waals surface area contributed by atoms with Gasteiger partial charge in [0, 0.05) is 5.56 Å². The molecule has 0 aliphatic carbocycles. The van der Waals surface area contributed by atoms with Crippen LogP contribution in [-0.2, 0) is 6.54 Å². The van der Waals surface area contributed by atoms with Gasteiger partial charge in [0.25, 0.3) is 5.91 Å². The van der Waals surface area contributed by atoms with Gasteiger partial charge < -0.3 is 15.5 Å². The smallest absolute Gasteiger partial charge is 0.328 e. The first-order valence-electron chi connectivity index (χ1n) is 9.38. The number of carbonyl (C=O) groups excluding carboxylic acids is 1. The summed E-state index contributed by atoms with van der Waals surface area (Å²) < 4.78 is 6.64. The van der Waals surface area contributed by atoms with Crippen LogP contribution in [0.1, 0.15) is 27.2 Å². The number of amides is 1. The quantitative estimate of drug-likeness (QED) is 0.531. The highest BCUT2D eigenvalue weighted by molar-refractivity contribution is 6.01. The molecule has 0 bridgehead atoms. The fourth-order valence-corrected chi connectivity index (χ4v) is 3.28. The average molecular weight is 403 g/mol. The van der Waals surface area contributed by atoms with E-state index < -0.39 is 11.6 Å². The molecule has 0 spiro atoms. The summed E-state index contributed by atoms with van der Waals surface area (Å²) in [7, 11) is 1.59. The van der Waals surface area contributed by atoms with Gasteiger partial charge in [-0.2, -0.15) is 0 Å². The van der Waals surface area contributed by atoms with Gasteiger partial charge in [-0.05, 0) is 48.7 Å². The third kappa shape index (κ3) is 3.43. The lowest BCUT2D eigenvalue weighted by atomic mass is 10.1. The van der Waals surface area contributed by atoms with Gasteiger partial charge in [-0.25, -0.2) is 14.8 Å². The largest absolute Gasteiger partial charge is 0.497 e. The second-order valence-electron chi connectivity index (χ2n) is 7.12. The molecule has 0 aliphatic heterocycles. The van der Waals surface area contributed by atoms with Crippen molar-refractivity contribution in [3.8, 4) is 17.1 Å². The van der Waals surface area contributed by atoms with Crippen molar-refractivity contribution in [3.05, 3.63) is 75.3 Å². The van der Waals surface area contributed by atoms with E-state index in [1.807, 2.05) is 56.3 Å². The van der Waals surface area contributed by atoms with Gasteiger partial charge in [0.15, 0.2) is 17.2 Å². The van der Waals surface area contributed by atoms with Crippen molar-refractivity contribution in [3.63, 3.8) is 0 Å². The number of aromatic nitrogens is 4. The molecule has 4 aromatic rings. The number of aromatic amines is 1. The number of hydrogen-bond acceptors (Lipinski definition) is 5. The Kier molecular flexibility index (Phi) is 4.83. The number of aryl methyl sites for hydroxylation is 2. The van der Waals surface area contributed by atoms with Crippen molar-refractivity contribution in [2.45, 2.75) is 20.4 Å². The second-order valence-corrected chi connectivity index (χ2v) is 7.12. The number of rotatable bonds is 5. The molecule has 8 nitrogen and oxygen atoms in total. The van der Waals surface area contributed by atoms with Gasteiger partial charge >= 0.3 is 5.69 Å². The highest BCUT2D eigenvalue weighted by Gasteiger charge is 2.19. The number of nitrogens with two attached hydrogens (primary N) is 1. The first-order valence-corrected chi connectivity index (χ1v) is 9.38. The molecule has 2 aromatic heterocycles. The molecule has 2 aromatic carbocycles. The van der Waals surface area contributed by atoms with E-state index in [1.54, 1.807) is 7.11 Å². The summed E-state index contributed by atoms with van der Waals surface area (Å²) in [6, 6.07) is 13.2. The van der Waals surface area contributed by atoms with E-state index in [4.69, 9.17) is 10.5 Å². The number of carbonyl (C=O) groups is 1. The van der Waals surface area contributed by atoms with E-state index in [9.17, 15) is 9.59 Å². The van der Waals surface area contributed by atoms with Gasteiger partial charge in [0.2, 0.25) is 0 Å². The Hall–Kier alpha value is -3.94. The number of ether oxygens (including phenoxy) is 1. The fraction of sp³-hybridized carbons (Fsp3) is 0.182. The Morgan fingerprint density at radius 2 is 1.83 bits per heavy atom. The predicted octanol–water partition coefficient (Wildman–Crippen LogP) is 2.56. The van der Waals surface area contributed by atoms with Crippen molar-refractivity contribution in [1.29, 1.82) is 0 Å². The maximum Gasteiger partial charge on any atom is 0.328 e. The van der Waals surface area contributed by atoms with Crippen LogP contribution < -0.4 is 16.2 Å². The van der Waals surface area contributed by atoms with Crippen molar-refractivity contribution in [2.24, 2.45) is 5.73 Å². The number of nitrogens with zero attached hydrogens (tertiary/aromatic N) is 3. The van der Waals surface area contributed by atoms with Gasteiger partial charge in [0.1, 0.15) is 11.3 Å². The maximum absolute atomic E-state index is 12.7. The fourth-order valence-electron chi connectivity index (χ4n) is 3.28. The molecule has 0 unspecified atom stereocenters. The van der Waals surface area contributed by atoms with E-state index in [0.29, 0.717) is 11.5 Å². The lowest BCUT2D eigenvalue weighted by molar-refractivity contribution is 0.0997. The number of imidazole rings is 1. The summed E-state index contributed by atoms with van der Waals surface area (Å²) in [5.74, 6) is 0.326. The zero-order valence-corrected chi connectivity index (χ0v) is 16.9. The van der Waals surface area contributed by atoms with Crippen LogP contribution in [0.3, 0.4) is 0 Å². The standard InChI is InChI=1S/C22H21N5O3/c1-12-4-7-15(10-13(12)2)20-24-17(19(23)28)18-21(26-20)27(22(29)25-18)11-14-5-8-16(30-3)9-6-14/h4-10H,11H2,1-3H3,(H2,23,28)(H,25,29). The molecule has 2 heterocycles. The number of benzene rings is 2. The van der Waals surface area contributed by atoms with Crippen LogP contribution in [0, 0.1) is 13.8 Å². The van der Waals surface area contributed by atoms with Gasteiger partial charge in [-0.3, -0.25) is 9.36 Å². The topological polar surface area (TPSA) is 116 Å². The SMILES string of the molecule is COc1ccc(Cn2c(=O)[nH]c3c(C(N)=O)nc(-c4ccc(C)c(C)c4)nc32)cc1. The lowest BCUT2D eigenvalue weighted by Gasteiger charge is -2.08. The van der Waals surface area contributed by atoms with Crippen LogP contribution in [0.4, 0.5) is 0 Å². The molecule has 0 saturated carbocycles. The average Bonchev–Trinajstić information content (AvgIpc) is 3.05. The molecule has 0 atom stereocenters. The summed E-state index contributed by atoms with van der Waals surface area (Å²) in [6.45, 7) is 4.27. The number of primary amides is 1. The number of H-pyrrole nitrogens is 1. The van der Waals surface area contributed by atoms with Crippen LogP contribution in [0.5, 0.6) is 5.75 Å². The van der Waals surface area contributed by atoms with E-state index >= 15 is 0 Å². The highest BCUT2D eigenvalue weighted by Crippen LogP contribution is 2.23. The molecule has 0 saturated heterocycles. The summed E-state index contributed by atoms with van der Waals surface area (Å²) in [5, 5.41) is 0. The molecule has 0 fully saturated rings. The lowest BCUT2D eigenvalue weighted by Crippen LogP contribution is -2.17. The second kappa shape index (κ2) is 7.47. The maximum atomic E-state index is 12.7. The Morgan fingerprint density at radius 1 is 1.10 bits per heavy atom. The zero-order chi connectivity index (χ0) is 21.4. The van der Waals surface area contributed by atoms with Crippen molar-refractivity contribution in [1.82, 2.24) is 19.5 Å². The molecule has 152 valence electrons. The van der Waals surface area contributed by atoms with Crippen LogP contribution >= 0.6 is 0 Å². The Labute approximate surface area is 172 Å². The minimum atomic E-state index is -0.731. The normalized spacial score (nSPS) is 11.0. The van der Waals surface area contributed by atoms with E-state index in [1.165, 1.54) is 4.57 Å². The Bertz CT molecular complexity index is 1320. The van der Waals surface area contributed by atoms with Gasteiger partial charge in [-0.1, -0.05) is 24.3 Å². The molecule has 30 heavy (non-hydrogen) atoms. The minimum Gasteiger partial charge on any atom is -0.497 e. The number of methoxy groups -OCH3 is 1. The van der Waals surface area contributed by atoms with Gasteiger partial charge in [0.05, 0.1) is 13.7 Å². The molecular formula is C22H21N5O3. The number of fused-ring (bicyclic) bond motifs is 1. The van der Waals surface area contributed by atoms with Crippen LogP contribution in [-0.4, -0.2) is 32.5 Å². The molecular weight excluding hydrogens is 382 g/mol. The van der Waals surface area contributed by atoms with Gasteiger partial charge in [-0.15, -0.1) is 0 Å². The molecule has 4 rings (SSSR count). The monoisotopic (exact) mass is 403 g/mol. The summed E-state index contributed by atoms with van der Waals surface area (Å²) in [5.41, 5.74) is 9.52. The Morgan fingerprint density at radius 3 is 2.47 bits per heavy atom. The van der Waals surface area contributed by atoms with E-state index in [2.05, 4.69) is 15.0 Å². The number of hydrogen-bond donors (Lipinski definition) is 2.